The van der Waals surface area contributed by atoms with Crippen LogP contribution in [0.5, 0.6) is 5.75 Å². The number of sulfonamides is 1. The van der Waals surface area contributed by atoms with Crippen molar-refractivity contribution in [2.75, 3.05) is 6.61 Å². The van der Waals surface area contributed by atoms with Crippen molar-refractivity contribution in [2.45, 2.75) is 58.5 Å². The summed E-state index contributed by atoms with van der Waals surface area (Å²) in [5.74, 6) is -0.142. The fraction of sp³-hybridized carbons (Fsp3) is 0.387. The van der Waals surface area contributed by atoms with E-state index in [9.17, 15) is 30.4 Å². The summed E-state index contributed by atoms with van der Waals surface area (Å²) in [7, 11) is -11.9. The number of hydrogen-bond acceptors (Lipinski definition) is 7. The van der Waals surface area contributed by atoms with Gasteiger partial charge in [-0.15, -0.1) is 0 Å². The molecule has 0 unspecified atom stereocenters. The zero-order valence-electron chi connectivity index (χ0n) is 23.6. The molecule has 234 valence electrons. The van der Waals surface area contributed by atoms with Crippen molar-refractivity contribution in [3.05, 3.63) is 89.1 Å². The Bertz CT molecular complexity index is 1640. The molecule has 4 aliphatic carbocycles. The maximum Gasteiger partial charge on any atom is 0.363 e. The molecule has 44 heavy (non-hydrogen) atoms. The van der Waals surface area contributed by atoms with Crippen LogP contribution in [0, 0.1) is 23.2 Å². The van der Waals surface area contributed by atoms with Crippen LogP contribution in [0.1, 0.15) is 38.5 Å². The summed E-state index contributed by atoms with van der Waals surface area (Å²) >= 11 is 0. The van der Waals surface area contributed by atoms with Gasteiger partial charge in [-0.1, -0.05) is 36.4 Å². The highest BCUT2D eigenvalue weighted by Crippen LogP contribution is 2.60. The predicted octanol–water partition coefficient (Wildman–Crippen LogP) is 6.46. The third kappa shape index (κ3) is 6.37. The van der Waals surface area contributed by atoms with Gasteiger partial charge in [-0.2, -0.15) is 8.78 Å². The van der Waals surface area contributed by atoms with E-state index in [0.717, 1.165) is 33.9 Å². The first-order valence-electron chi connectivity index (χ1n) is 14.3. The minimum Gasteiger partial charge on any atom is -0.458 e. The van der Waals surface area contributed by atoms with Gasteiger partial charge in [-0.05, 0) is 105 Å². The van der Waals surface area contributed by atoms with Crippen LogP contribution in [0.25, 0.3) is 4.13 Å². The lowest BCUT2D eigenvalue weighted by Crippen LogP contribution is -2.51. The quantitative estimate of drug-likeness (QED) is 0.171. The molecule has 4 aliphatic rings. The van der Waals surface area contributed by atoms with Crippen LogP contribution in [0.3, 0.4) is 0 Å². The highest BCUT2D eigenvalue weighted by atomic mass is 32.3. The molecule has 0 saturated heterocycles. The van der Waals surface area contributed by atoms with Crippen LogP contribution in [-0.2, 0) is 40.8 Å². The lowest BCUT2D eigenvalue weighted by Gasteiger charge is -2.55. The van der Waals surface area contributed by atoms with Crippen LogP contribution < -0.4 is 4.18 Å². The summed E-state index contributed by atoms with van der Waals surface area (Å²) in [6.07, 6.45) is 4.66. The van der Waals surface area contributed by atoms with Crippen LogP contribution >= 0.6 is 0 Å². The minimum absolute atomic E-state index is 0.311. The van der Waals surface area contributed by atoms with E-state index in [-0.39, 0.29) is 5.75 Å². The molecule has 7 rings (SSSR count). The lowest BCUT2D eigenvalue weighted by atomic mass is 9.49. The van der Waals surface area contributed by atoms with E-state index < -0.39 is 54.5 Å². The number of hydrogen-bond donors (Lipinski definition) is 0. The number of ether oxygens (including phenoxy) is 1. The van der Waals surface area contributed by atoms with E-state index in [2.05, 4.69) is 4.13 Å². The minimum atomic E-state index is -5.98. The number of halogens is 2. The highest BCUT2D eigenvalue weighted by molar-refractivity contribution is 8.10. The monoisotopic (exact) mass is 663 g/mol. The molecule has 4 bridgehead atoms. The average molecular weight is 664 g/mol. The van der Waals surface area contributed by atoms with E-state index in [1.54, 1.807) is 12.1 Å². The van der Waals surface area contributed by atoms with E-state index in [4.69, 9.17) is 8.92 Å². The zero-order valence-corrected chi connectivity index (χ0v) is 26.0. The van der Waals surface area contributed by atoms with Crippen LogP contribution in [-0.4, -0.2) is 34.7 Å². The molecule has 3 aromatic rings. The molecular weight excluding hydrogens is 633 g/mol. The molecule has 0 radical (unpaired) electrons. The molecule has 0 atom stereocenters. The van der Waals surface area contributed by atoms with Crippen molar-refractivity contribution in [2.24, 2.45) is 23.2 Å². The number of esters is 1. The van der Waals surface area contributed by atoms with Crippen molar-refractivity contribution >= 4 is 37.2 Å². The maximum atomic E-state index is 14.8. The summed E-state index contributed by atoms with van der Waals surface area (Å²) in [4.78, 5) is 15.8. The Balaban J connectivity index is 1.11. The number of benzene rings is 3. The number of nitrogens with zero attached hydrogens (tertiary/aromatic N) is 1. The number of alkyl halides is 2. The second-order valence-corrected chi connectivity index (χ2v) is 17.1. The first-order chi connectivity index (χ1) is 20.8. The second-order valence-electron chi connectivity index (χ2n) is 11.9. The molecule has 3 aromatic carbocycles. The smallest absolute Gasteiger partial charge is 0.363 e. The van der Waals surface area contributed by atoms with Crippen molar-refractivity contribution in [1.82, 2.24) is 0 Å². The Morgan fingerprint density at radius 3 is 1.70 bits per heavy atom. The molecule has 4 fully saturated rings. The Hall–Kier alpha value is -3.00. The number of carbonyl (C=O) groups excluding carboxylic acids is 1. The molecule has 4 saturated carbocycles. The molecule has 0 N–H and O–H groups in total. The number of rotatable bonds is 11. The largest absolute Gasteiger partial charge is 0.458 e. The third-order valence-electron chi connectivity index (χ3n) is 8.63. The third-order valence-corrected chi connectivity index (χ3v) is 13.6. The van der Waals surface area contributed by atoms with E-state index in [0.29, 0.717) is 37.0 Å². The molecule has 0 amide bonds. The van der Waals surface area contributed by atoms with Crippen molar-refractivity contribution < 1.29 is 39.3 Å². The van der Waals surface area contributed by atoms with Crippen LogP contribution in [0.15, 0.2) is 99.6 Å². The molecule has 13 heteroatoms. The Kier molecular flexibility index (Phi) is 8.27. The first-order valence-corrected chi connectivity index (χ1v) is 18.3. The van der Waals surface area contributed by atoms with E-state index in [1.165, 1.54) is 12.1 Å². The molecular formula is C31H31F2NO7S3. The van der Waals surface area contributed by atoms with Crippen LogP contribution in [0.2, 0.25) is 0 Å². The highest BCUT2D eigenvalue weighted by Gasteiger charge is 2.56. The topological polar surface area (TPSA) is 118 Å². The normalized spacial score (nSPS) is 24.8. The molecule has 0 spiro atoms. The van der Waals surface area contributed by atoms with E-state index >= 15 is 0 Å². The van der Waals surface area contributed by atoms with Gasteiger partial charge < -0.3 is 13.0 Å². The molecule has 0 heterocycles. The van der Waals surface area contributed by atoms with Crippen molar-refractivity contribution in [1.29, 1.82) is 0 Å². The SMILES string of the molecule is O=C(OCC(F)(F)S(=O)(=O)[N-]S(=O)(=O)Oc1ccc([S+](c2ccccc2)c2ccccc2)cc1)C12CC3CC(CC(C3)C1)C2. The van der Waals surface area contributed by atoms with Gasteiger partial charge in [0.15, 0.2) is 31.3 Å². The van der Waals surface area contributed by atoms with Gasteiger partial charge in [0.1, 0.15) is 5.75 Å². The first kappa shape index (κ1) is 31.0. The van der Waals surface area contributed by atoms with Gasteiger partial charge in [-0.3, -0.25) is 4.79 Å². The van der Waals surface area contributed by atoms with Gasteiger partial charge in [0, 0.05) is 0 Å². The zero-order chi connectivity index (χ0) is 31.2. The van der Waals surface area contributed by atoms with E-state index in [1.807, 2.05) is 60.7 Å². The summed E-state index contributed by atoms with van der Waals surface area (Å²) in [6, 6.07) is 25.1. The second kappa shape index (κ2) is 11.7. The van der Waals surface area contributed by atoms with Crippen molar-refractivity contribution in [3.63, 3.8) is 0 Å². The van der Waals surface area contributed by atoms with Crippen molar-refractivity contribution in [3.8, 4) is 5.75 Å². The fourth-order valence-electron chi connectivity index (χ4n) is 7.20. The van der Waals surface area contributed by atoms with Gasteiger partial charge in [0.25, 0.3) is 0 Å². The van der Waals surface area contributed by atoms with Gasteiger partial charge >= 0.3 is 11.2 Å². The summed E-state index contributed by atoms with van der Waals surface area (Å²) in [6.45, 7) is -1.83. The standard InChI is InChI=1S/C31H31F2NO7S3/c32-31(33,21-40-29(35)30-18-22-15-23(19-30)17-24(16-22)20-30)43(36,37)34-44(38,39)41-25-11-13-28(14-12-25)42(26-7-3-1-4-8-26)27-9-5-2-6-10-27/h1-14,22-24H,15-21H2. The Labute approximate surface area is 258 Å². The molecule has 8 nitrogen and oxygen atoms in total. The fourth-order valence-corrected chi connectivity index (χ4v) is 11.4. The summed E-state index contributed by atoms with van der Waals surface area (Å²) in [5.41, 5.74) is -0.881. The summed E-state index contributed by atoms with van der Waals surface area (Å²) in [5, 5.41) is -4.77. The van der Waals surface area contributed by atoms with Gasteiger partial charge in [-0.25, -0.2) is 16.8 Å². The summed E-state index contributed by atoms with van der Waals surface area (Å²) < 4.78 is 91.4. The Morgan fingerprint density at radius 2 is 1.23 bits per heavy atom. The van der Waals surface area contributed by atoms with Crippen LogP contribution in [0.4, 0.5) is 8.78 Å². The molecule has 0 aromatic heterocycles. The average Bonchev–Trinajstić information content (AvgIpc) is 2.96. The van der Waals surface area contributed by atoms with Gasteiger partial charge in [0.05, 0.1) is 16.3 Å². The number of carbonyl (C=O) groups is 1. The lowest BCUT2D eigenvalue weighted by molar-refractivity contribution is -0.176. The molecule has 0 aliphatic heterocycles. The van der Waals surface area contributed by atoms with Gasteiger partial charge in [0.2, 0.25) is 10.3 Å². The Morgan fingerprint density at radius 1 is 0.773 bits per heavy atom. The maximum absolute atomic E-state index is 14.8. The predicted molar refractivity (Wildman–Crippen MR) is 160 cm³/mol.